The lowest BCUT2D eigenvalue weighted by molar-refractivity contribution is -0.118. The molecule has 1 aliphatic rings. The van der Waals surface area contributed by atoms with E-state index in [2.05, 4.69) is 5.32 Å². The predicted molar refractivity (Wildman–Crippen MR) is 56.1 cm³/mol. The lowest BCUT2D eigenvalue weighted by Crippen LogP contribution is -2.37. The predicted octanol–water partition coefficient (Wildman–Crippen LogP) is 1.57. The lowest BCUT2D eigenvalue weighted by Gasteiger charge is -2.18. The standard InChI is InChI=1S/C11H10F4N2O/c1-16-7-2-3-17(11(7)18)10-8(14)5(12)4-6(13)9(10)15/h4,7,16H,2-3H2,1H3. The van der Waals surface area contributed by atoms with Crippen LogP contribution in [0.3, 0.4) is 0 Å². The molecule has 1 amide bonds. The topological polar surface area (TPSA) is 32.3 Å². The van der Waals surface area contributed by atoms with Crippen molar-refractivity contribution in [3.05, 3.63) is 29.3 Å². The molecule has 1 saturated heterocycles. The Morgan fingerprint density at radius 1 is 1.22 bits per heavy atom. The van der Waals surface area contributed by atoms with Crippen LogP contribution in [0.15, 0.2) is 6.07 Å². The molecule has 1 atom stereocenters. The van der Waals surface area contributed by atoms with Gasteiger partial charge < -0.3 is 10.2 Å². The van der Waals surface area contributed by atoms with Crippen molar-refractivity contribution < 1.29 is 22.4 Å². The molecule has 1 aromatic rings. The molecule has 0 bridgehead atoms. The number of anilines is 1. The minimum atomic E-state index is -1.56. The van der Waals surface area contributed by atoms with Crippen LogP contribution in [0.5, 0.6) is 0 Å². The highest BCUT2D eigenvalue weighted by Gasteiger charge is 2.36. The average Bonchev–Trinajstić information content (AvgIpc) is 2.69. The minimum absolute atomic E-state index is 0.00106. The van der Waals surface area contributed by atoms with Crippen LogP contribution in [0.4, 0.5) is 23.2 Å². The van der Waals surface area contributed by atoms with Crippen LogP contribution in [-0.2, 0) is 4.79 Å². The summed E-state index contributed by atoms with van der Waals surface area (Å²) in [5.74, 6) is -6.77. The first-order valence-electron chi connectivity index (χ1n) is 5.29. The molecule has 0 spiro atoms. The van der Waals surface area contributed by atoms with Gasteiger partial charge in [0, 0.05) is 12.6 Å². The van der Waals surface area contributed by atoms with Gasteiger partial charge in [-0.3, -0.25) is 4.79 Å². The fourth-order valence-corrected chi connectivity index (χ4v) is 1.97. The third-order valence-electron chi connectivity index (χ3n) is 2.91. The molecule has 3 nitrogen and oxygen atoms in total. The zero-order chi connectivity index (χ0) is 13.4. The summed E-state index contributed by atoms with van der Waals surface area (Å²) in [5, 5.41) is 2.66. The van der Waals surface area contributed by atoms with E-state index in [1.807, 2.05) is 0 Å². The molecule has 1 aromatic carbocycles. The molecule has 18 heavy (non-hydrogen) atoms. The number of amides is 1. The molecule has 1 heterocycles. The highest BCUT2D eigenvalue weighted by molar-refractivity contribution is 5.99. The monoisotopic (exact) mass is 262 g/mol. The number of nitrogens with zero attached hydrogens (tertiary/aromatic N) is 1. The number of carbonyl (C=O) groups is 1. The van der Waals surface area contributed by atoms with E-state index >= 15 is 0 Å². The summed E-state index contributed by atoms with van der Waals surface area (Å²) in [6.45, 7) is 0.00106. The number of hydrogen-bond donors (Lipinski definition) is 1. The number of benzene rings is 1. The van der Waals surface area contributed by atoms with Crippen molar-refractivity contribution in [1.82, 2.24) is 5.32 Å². The van der Waals surface area contributed by atoms with Crippen molar-refractivity contribution in [2.45, 2.75) is 12.5 Å². The number of halogens is 4. The average molecular weight is 262 g/mol. The molecule has 1 N–H and O–H groups in total. The quantitative estimate of drug-likeness (QED) is 0.648. The normalized spacial score (nSPS) is 19.7. The van der Waals surface area contributed by atoms with Crippen molar-refractivity contribution in [3.8, 4) is 0 Å². The third kappa shape index (κ3) is 1.84. The Kier molecular flexibility index (Phi) is 3.25. The highest BCUT2D eigenvalue weighted by Crippen LogP contribution is 2.30. The Hall–Kier alpha value is -1.63. The molecule has 98 valence electrons. The van der Waals surface area contributed by atoms with Gasteiger partial charge in [-0.05, 0) is 13.5 Å². The molecular formula is C11H10F4N2O. The lowest BCUT2D eigenvalue weighted by atomic mass is 10.2. The smallest absolute Gasteiger partial charge is 0.244 e. The van der Waals surface area contributed by atoms with Crippen LogP contribution in [-0.4, -0.2) is 25.5 Å². The minimum Gasteiger partial charge on any atom is -0.309 e. The number of likely N-dealkylation sites (N-methyl/N-ethyl adjacent to an activating group) is 1. The van der Waals surface area contributed by atoms with Crippen LogP contribution in [0, 0.1) is 23.3 Å². The van der Waals surface area contributed by atoms with E-state index in [4.69, 9.17) is 0 Å². The number of carbonyl (C=O) groups excluding carboxylic acids is 1. The summed E-state index contributed by atoms with van der Waals surface area (Å²) in [6.07, 6.45) is 0.312. The van der Waals surface area contributed by atoms with Crippen LogP contribution >= 0.6 is 0 Å². The molecular weight excluding hydrogens is 252 g/mol. The van der Waals surface area contributed by atoms with E-state index in [0.29, 0.717) is 6.42 Å². The van der Waals surface area contributed by atoms with Gasteiger partial charge in [-0.1, -0.05) is 0 Å². The van der Waals surface area contributed by atoms with Gasteiger partial charge in [0.2, 0.25) is 5.91 Å². The summed E-state index contributed by atoms with van der Waals surface area (Å²) in [5.41, 5.74) is -0.963. The highest BCUT2D eigenvalue weighted by atomic mass is 19.2. The molecule has 0 saturated carbocycles. The molecule has 0 radical (unpaired) electrons. The Balaban J connectivity index is 2.49. The van der Waals surface area contributed by atoms with Gasteiger partial charge in [-0.2, -0.15) is 0 Å². The molecule has 0 aliphatic carbocycles. The van der Waals surface area contributed by atoms with Crippen LogP contribution in [0.25, 0.3) is 0 Å². The number of nitrogens with one attached hydrogen (secondary N) is 1. The zero-order valence-corrected chi connectivity index (χ0v) is 9.44. The van der Waals surface area contributed by atoms with Gasteiger partial charge in [0.1, 0.15) is 5.69 Å². The van der Waals surface area contributed by atoms with Crippen molar-refractivity contribution in [3.63, 3.8) is 0 Å². The van der Waals surface area contributed by atoms with Crippen LogP contribution in [0.1, 0.15) is 6.42 Å². The second-order valence-electron chi connectivity index (χ2n) is 3.94. The van der Waals surface area contributed by atoms with Crippen molar-refractivity contribution in [1.29, 1.82) is 0 Å². The third-order valence-corrected chi connectivity index (χ3v) is 2.91. The van der Waals surface area contributed by atoms with Crippen LogP contribution < -0.4 is 10.2 Å². The SMILES string of the molecule is CNC1CCN(c2c(F)c(F)cc(F)c2F)C1=O. The van der Waals surface area contributed by atoms with Crippen molar-refractivity contribution in [2.75, 3.05) is 18.5 Å². The van der Waals surface area contributed by atoms with Crippen molar-refractivity contribution in [2.24, 2.45) is 0 Å². The van der Waals surface area contributed by atoms with Gasteiger partial charge in [-0.15, -0.1) is 0 Å². The first-order chi connectivity index (χ1) is 8.47. The summed E-state index contributed by atoms with van der Waals surface area (Å²) in [6, 6.07) is -0.486. The largest absolute Gasteiger partial charge is 0.309 e. The second-order valence-corrected chi connectivity index (χ2v) is 3.94. The number of hydrogen-bond acceptors (Lipinski definition) is 2. The molecule has 1 aliphatic heterocycles. The zero-order valence-electron chi connectivity index (χ0n) is 9.44. The van der Waals surface area contributed by atoms with Gasteiger partial charge >= 0.3 is 0 Å². The van der Waals surface area contributed by atoms with Gasteiger partial charge in [0.15, 0.2) is 23.3 Å². The maximum Gasteiger partial charge on any atom is 0.244 e. The summed E-state index contributed by atoms with van der Waals surface area (Å²) in [4.78, 5) is 12.5. The number of rotatable bonds is 2. The first kappa shape index (κ1) is 12.8. The van der Waals surface area contributed by atoms with E-state index in [0.717, 1.165) is 4.90 Å². The van der Waals surface area contributed by atoms with E-state index in [1.165, 1.54) is 7.05 Å². The second kappa shape index (κ2) is 4.56. The van der Waals surface area contributed by atoms with Crippen LogP contribution in [0.2, 0.25) is 0 Å². The fraction of sp³-hybridized carbons (Fsp3) is 0.364. The Morgan fingerprint density at radius 3 is 2.22 bits per heavy atom. The van der Waals surface area contributed by atoms with E-state index in [-0.39, 0.29) is 12.6 Å². The molecule has 1 unspecified atom stereocenters. The van der Waals surface area contributed by atoms with Gasteiger partial charge in [0.05, 0.1) is 6.04 Å². The molecule has 0 aromatic heterocycles. The summed E-state index contributed by atoms with van der Waals surface area (Å²) < 4.78 is 53.1. The van der Waals surface area contributed by atoms with E-state index in [1.54, 1.807) is 0 Å². The Morgan fingerprint density at radius 2 is 1.78 bits per heavy atom. The molecule has 7 heteroatoms. The van der Waals surface area contributed by atoms with E-state index in [9.17, 15) is 22.4 Å². The molecule has 1 fully saturated rings. The Labute approximate surface area is 100 Å². The summed E-state index contributed by atoms with van der Waals surface area (Å²) in [7, 11) is 1.52. The van der Waals surface area contributed by atoms with Gasteiger partial charge in [0.25, 0.3) is 0 Å². The van der Waals surface area contributed by atoms with Crippen molar-refractivity contribution >= 4 is 11.6 Å². The van der Waals surface area contributed by atoms with Gasteiger partial charge in [-0.25, -0.2) is 17.6 Å². The fourth-order valence-electron chi connectivity index (χ4n) is 1.97. The first-order valence-corrected chi connectivity index (χ1v) is 5.29. The summed E-state index contributed by atoms with van der Waals surface area (Å²) >= 11 is 0. The maximum atomic E-state index is 13.5. The molecule has 2 rings (SSSR count). The Bertz CT molecular complexity index is 480. The maximum absolute atomic E-state index is 13.5. The van der Waals surface area contributed by atoms with E-state index < -0.39 is 40.9 Å².